The smallest absolute Gasteiger partial charge is 0.247 e. The Morgan fingerprint density at radius 3 is 2.62 bits per heavy atom. The molecule has 1 aliphatic rings. The van der Waals surface area contributed by atoms with Gasteiger partial charge in [-0.2, -0.15) is 5.10 Å². The van der Waals surface area contributed by atoms with Gasteiger partial charge >= 0.3 is 0 Å². The molecule has 2 atom stereocenters. The van der Waals surface area contributed by atoms with Crippen molar-refractivity contribution in [1.29, 1.82) is 0 Å². The van der Waals surface area contributed by atoms with Crippen LogP contribution in [-0.2, 0) is 14.6 Å². The quantitative estimate of drug-likeness (QED) is 0.849. The van der Waals surface area contributed by atoms with Crippen LogP contribution in [-0.4, -0.2) is 47.8 Å². The predicted molar refractivity (Wildman–Crippen MR) is 91.1 cm³/mol. The van der Waals surface area contributed by atoms with Crippen LogP contribution in [0.4, 0.5) is 0 Å². The van der Waals surface area contributed by atoms with Crippen molar-refractivity contribution >= 4 is 15.7 Å². The summed E-state index contributed by atoms with van der Waals surface area (Å²) in [6, 6.07) is 10.6. The molecule has 2 heterocycles. The van der Waals surface area contributed by atoms with Crippen LogP contribution in [0.1, 0.15) is 30.2 Å². The van der Waals surface area contributed by atoms with Gasteiger partial charge in [0.05, 0.1) is 11.0 Å². The first-order valence-corrected chi connectivity index (χ1v) is 9.75. The summed E-state index contributed by atoms with van der Waals surface area (Å²) in [6.45, 7) is 2.45. The normalized spacial score (nSPS) is 21.9. The second-order valence-electron chi connectivity index (χ2n) is 6.04. The molecule has 0 aliphatic carbocycles. The highest BCUT2D eigenvalue weighted by Gasteiger charge is 2.33. The molecule has 1 aromatic carbocycles. The fourth-order valence-electron chi connectivity index (χ4n) is 3.09. The summed E-state index contributed by atoms with van der Waals surface area (Å²) in [6.07, 6.45) is 3.79. The van der Waals surface area contributed by atoms with E-state index >= 15 is 0 Å². The zero-order valence-corrected chi connectivity index (χ0v) is 14.4. The fraction of sp³-hybridized carbons (Fsp3) is 0.412. The first kappa shape index (κ1) is 16.7. The van der Waals surface area contributed by atoms with Gasteiger partial charge in [0.15, 0.2) is 9.84 Å². The maximum Gasteiger partial charge on any atom is 0.247 e. The molecule has 0 saturated carbocycles. The molecule has 128 valence electrons. The molecule has 0 N–H and O–H groups in total. The third-order valence-electron chi connectivity index (χ3n) is 4.50. The van der Waals surface area contributed by atoms with Crippen LogP contribution >= 0.6 is 0 Å². The van der Waals surface area contributed by atoms with Crippen molar-refractivity contribution < 1.29 is 13.2 Å². The first-order valence-electron chi connectivity index (χ1n) is 8.03. The summed E-state index contributed by atoms with van der Waals surface area (Å²) in [5.74, 6) is -0.105. The number of amides is 1. The van der Waals surface area contributed by atoms with Gasteiger partial charge < -0.3 is 4.90 Å². The third kappa shape index (κ3) is 3.36. The predicted octanol–water partition coefficient (Wildman–Crippen LogP) is 1.83. The van der Waals surface area contributed by atoms with Crippen LogP contribution in [0.3, 0.4) is 0 Å². The third-order valence-corrected chi connectivity index (χ3v) is 6.63. The molecule has 1 aliphatic heterocycles. The summed E-state index contributed by atoms with van der Waals surface area (Å²) in [4.78, 5) is 14.3. The van der Waals surface area contributed by atoms with E-state index in [9.17, 15) is 13.2 Å². The van der Waals surface area contributed by atoms with Crippen molar-refractivity contribution in [3.05, 3.63) is 54.4 Å². The average molecular weight is 347 g/mol. The number of carbonyl (C=O) groups is 1. The maximum atomic E-state index is 12.7. The van der Waals surface area contributed by atoms with E-state index in [0.717, 1.165) is 5.56 Å². The van der Waals surface area contributed by atoms with Crippen molar-refractivity contribution in [2.24, 2.45) is 0 Å². The fourth-order valence-corrected chi connectivity index (χ4v) is 4.89. The number of aromatic nitrogens is 2. The van der Waals surface area contributed by atoms with Gasteiger partial charge in [-0.3, -0.25) is 9.48 Å². The summed E-state index contributed by atoms with van der Waals surface area (Å²) >= 11 is 0. The Labute approximate surface area is 142 Å². The minimum atomic E-state index is -3.28. The Morgan fingerprint density at radius 1 is 1.21 bits per heavy atom. The zero-order valence-electron chi connectivity index (χ0n) is 13.6. The van der Waals surface area contributed by atoms with Gasteiger partial charge in [0.25, 0.3) is 0 Å². The number of hydrogen-bond acceptors (Lipinski definition) is 4. The Hall–Kier alpha value is -2.15. The van der Waals surface area contributed by atoms with E-state index in [1.54, 1.807) is 35.0 Å². The van der Waals surface area contributed by atoms with Crippen molar-refractivity contribution in [2.45, 2.75) is 24.6 Å². The molecule has 0 unspecified atom stereocenters. The van der Waals surface area contributed by atoms with Gasteiger partial charge in [0, 0.05) is 25.5 Å². The zero-order chi connectivity index (χ0) is 17.2. The molecule has 0 spiro atoms. The molecular weight excluding hydrogens is 326 g/mol. The minimum Gasteiger partial charge on any atom is -0.340 e. The number of hydrogen-bond donors (Lipinski definition) is 0. The van der Waals surface area contributed by atoms with E-state index in [1.807, 2.05) is 30.3 Å². The van der Waals surface area contributed by atoms with Crippen LogP contribution in [0.15, 0.2) is 48.8 Å². The Kier molecular flexibility index (Phi) is 4.71. The van der Waals surface area contributed by atoms with E-state index in [1.165, 1.54) is 0 Å². The molecule has 2 aromatic rings. The Bertz CT molecular complexity index is 788. The molecule has 7 heteroatoms. The van der Waals surface area contributed by atoms with Gasteiger partial charge in [-0.05, 0) is 25.0 Å². The number of rotatable bonds is 3. The molecule has 1 aromatic heterocycles. The van der Waals surface area contributed by atoms with E-state index in [2.05, 4.69) is 5.10 Å². The lowest BCUT2D eigenvalue weighted by Gasteiger charge is -2.24. The molecule has 1 fully saturated rings. The summed E-state index contributed by atoms with van der Waals surface area (Å²) in [7, 11) is -3.28. The van der Waals surface area contributed by atoms with Gasteiger partial charge in [-0.1, -0.05) is 30.3 Å². The lowest BCUT2D eigenvalue weighted by molar-refractivity contribution is -0.134. The first-order chi connectivity index (χ1) is 11.5. The largest absolute Gasteiger partial charge is 0.340 e. The van der Waals surface area contributed by atoms with Crippen molar-refractivity contribution in [3.63, 3.8) is 0 Å². The standard InChI is InChI=1S/C17H21N3O3S/c1-14(20-10-5-9-18-20)17(21)19-11-8-16(24(22,23)13-12-19)15-6-3-2-4-7-15/h2-7,9-10,14,16H,8,11-13H2,1H3/t14-,16+/m1/s1. The van der Waals surface area contributed by atoms with Gasteiger partial charge in [0.1, 0.15) is 6.04 Å². The highest BCUT2D eigenvalue weighted by Crippen LogP contribution is 2.29. The average Bonchev–Trinajstić information content (AvgIpc) is 3.06. The topological polar surface area (TPSA) is 72.3 Å². The Balaban J connectivity index is 1.77. The molecule has 24 heavy (non-hydrogen) atoms. The van der Waals surface area contributed by atoms with Gasteiger partial charge in [-0.15, -0.1) is 0 Å². The van der Waals surface area contributed by atoms with Crippen molar-refractivity contribution in [1.82, 2.24) is 14.7 Å². The summed E-state index contributed by atoms with van der Waals surface area (Å²) < 4.78 is 26.8. The van der Waals surface area contributed by atoms with Crippen LogP contribution in [0.2, 0.25) is 0 Å². The highest BCUT2D eigenvalue weighted by atomic mass is 32.2. The van der Waals surface area contributed by atoms with Crippen LogP contribution < -0.4 is 0 Å². The van der Waals surface area contributed by atoms with Gasteiger partial charge in [0.2, 0.25) is 5.91 Å². The molecule has 0 radical (unpaired) electrons. The maximum absolute atomic E-state index is 12.7. The van der Waals surface area contributed by atoms with E-state index in [-0.39, 0.29) is 18.2 Å². The molecule has 1 amide bonds. The second kappa shape index (κ2) is 6.76. The van der Waals surface area contributed by atoms with Crippen LogP contribution in [0, 0.1) is 0 Å². The Morgan fingerprint density at radius 2 is 1.96 bits per heavy atom. The lowest BCUT2D eigenvalue weighted by atomic mass is 10.1. The van der Waals surface area contributed by atoms with Gasteiger partial charge in [-0.25, -0.2) is 8.42 Å². The van der Waals surface area contributed by atoms with Crippen molar-refractivity contribution in [2.75, 3.05) is 18.8 Å². The number of sulfone groups is 1. The SMILES string of the molecule is C[C@H](C(=O)N1CC[C@@H](c2ccccc2)S(=O)(=O)CC1)n1cccn1. The van der Waals surface area contributed by atoms with Crippen LogP contribution in [0.25, 0.3) is 0 Å². The summed E-state index contributed by atoms with van der Waals surface area (Å²) in [5, 5.41) is 3.55. The number of benzene rings is 1. The number of carbonyl (C=O) groups excluding carboxylic acids is 1. The number of nitrogens with zero attached hydrogens (tertiary/aromatic N) is 3. The minimum absolute atomic E-state index is 0.00979. The monoisotopic (exact) mass is 347 g/mol. The van der Waals surface area contributed by atoms with E-state index in [4.69, 9.17) is 0 Å². The molecule has 6 nitrogen and oxygen atoms in total. The molecule has 0 bridgehead atoms. The lowest BCUT2D eigenvalue weighted by Crippen LogP contribution is -2.38. The molecular formula is C17H21N3O3S. The van der Waals surface area contributed by atoms with Crippen molar-refractivity contribution in [3.8, 4) is 0 Å². The summed E-state index contributed by atoms with van der Waals surface area (Å²) in [5.41, 5.74) is 0.798. The van der Waals surface area contributed by atoms with Crippen LogP contribution in [0.5, 0.6) is 0 Å². The highest BCUT2D eigenvalue weighted by molar-refractivity contribution is 7.91. The molecule has 1 saturated heterocycles. The van der Waals surface area contributed by atoms with E-state index in [0.29, 0.717) is 13.0 Å². The molecule has 3 rings (SSSR count). The van der Waals surface area contributed by atoms with E-state index < -0.39 is 21.1 Å². The second-order valence-corrected chi connectivity index (χ2v) is 8.35.